The second kappa shape index (κ2) is 7.85. The highest BCUT2D eigenvalue weighted by molar-refractivity contribution is 7.13. The van der Waals surface area contributed by atoms with Crippen LogP contribution in [0.1, 0.15) is 26.0 Å². The quantitative estimate of drug-likeness (QED) is 0.856. The summed E-state index contributed by atoms with van der Waals surface area (Å²) in [6, 6.07) is 6.05. The van der Waals surface area contributed by atoms with Gasteiger partial charge in [0.1, 0.15) is 5.01 Å². The van der Waals surface area contributed by atoms with Crippen LogP contribution in [0, 0.1) is 0 Å². The van der Waals surface area contributed by atoms with E-state index < -0.39 is 0 Å². The van der Waals surface area contributed by atoms with Crippen molar-refractivity contribution in [2.24, 2.45) is 0 Å². The number of thiazole rings is 1. The lowest BCUT2D eigenvalue weighted by Gasteiger charge is -2.28. The molecule has 1 amide bonds. The smallest absolute Gasteiger partial charge is 0.228 e. The predicted molar refractivity (Wildman–Crippen MR) is 97.0 cm³/mol. The van der Waals surface area contributed by atoms with Crippen molar-refractivity contribution in [3.63, 3.8) is 0 Å². The Bertz CT molecular complexity index is 673. The lowest BCUT2D eigenvalue weighted by molar-refractivity contribution is -0.132. The normalized spacial score (nSPS) is 19.2. The van der Waals surface area contributed by atoms with E-state index in [2.05, 4.69) is 28.7 Å². The molecule has 6 heteroatoms. The highest BCUT2D eigenvalue weighted by Gasteiger charge is 2.25. The number of rotatable bonds is 4. The number of amides is 1. The molecule has 1 aliphatic rings. The molecule has 0 N–H and O–H groups in total. The summed E-state index contributed by atoms with van der Waals surface area (Å²) in [7, 11) is 0. The Hall–Kier alpha value is -1.79. The Kier molecular flexibility index (Phi) is 5.58. The fourth-order valence-electron chi connectivity index (χ4n) is 3.16. The van der Waals surface area contributed by atoms with Crippen LogP contribution < -0.4 is 0 Å². The van der Waals surface area contributed by atoms with Crippen LogP contribution >= 0.6 is 11.3 Å². The van der Waals surface area contributed by atoms with E-state index in [0.29, 0.717) is 6.42 Å². The third-order valence-corrected chi connectivity index (χ3v) is 5.38. The minimum absolute atomic E-state index is 0.179. The maximum absolute atomic E-state index is 12.7. The number of hydrogen-bond acceptors (Lipinski definition) is 5. The van der Waals surface area contributed by atoms with Crippen LogP contribution in [-0.4, -0.2) is 57.9 Å². The van der Waals surface area contributed by atoms with Crippen LogP contribution in [0.2, 0.25) is 0 Å². The molecule has 2 aromatic heterocycles. The molecule has 0 spiro atoms. The Morgan fingerprint density at radius 1 is 1.38 bits per heavy atom. The first-order valence-corrected chi connectivity index (χ1v) is 9.43. The van der Waals surface area contributed by atoms with Gasteiger partial charge >= 0.3 is 0 Å². The first-order valence-electron chi connectivity index (χ1n) is 8.55. The number of nitrogens with zero attached hydrogens (tertiary/aromatic N) is 4. The van der Waals surface area contributed by atoms with Gasteiger partial charge in [-0.15, -0.1) is 11.3 Å². The molecule has 24 heavy (non-hydrogen) atoms. The first-order chi connectivity index (χ1) is 11.7. The van der Waals surface area contributed by atoms with Crippen LogP contribution in [0.5, 0.6) is 0 Å². The Labute approximate surface area is 147 Å². The maximum Gasteiger partial charge on any atom is 0.228 e. The van der Waals surface area contributed by atoms with Gasteiger partial charge in [0.2, 0.25) is 5.91 Å². The summed E-state index contributed by atoms with van der Waals surface area (Å²) in [5.74, 6) is 0.179. The van der Waals surface area contributed by atoms with Crippen molar-refractivity contribution in [3.05, 3.63) is 35.5 Å². The summed E-state index contributed by atoms with van der Waals surface area (Å²) in [6.07, 6.45) is 3.18. The van der Waals surface area contributed by atoms with Gasteiger partial charge < -0.3 is 9.80 Å². The highest BCUT2D eigenvalue weighted by Crippen LogP contribution is 2.22. The van der Waals surface area contributed by atoms with Crippen LogP contribution in [0.4, 0.5) is 0 Å². The fourth-order valence-corrected chi connectivity index (χ4v) is 3.95. The molecule has 3 rings (SSSR count). The molecule has 1 aliphatic heterocycles. The number of likely N-dealkylation sites (N-methyl/N-ethyl adjacent to an activating group) is 1. The molecule has 1 fully saturated rings. The molecule has 0 bridgehead atoms. The number of carbonyl (C=O) groups excluding carboxylic acids is 1. The summed E-state index contributed by atoms with van der Waals surface area (Å²) in [4.78, 5) is 26.1. The second-order valence-electron chi connectivity index (χ2n) is 6.22. The molecule has 1 unspecified atom stereocenters. The van der Waals surface area contributed by atoms with Gasteiger partial charge in [-0.05, 0) is 38.6 Å². The number of aromatic nitrogens is 2. The van der Waals surface area contributed by atoms with E-state index in [1.165, 1.54) is 0 Å². The van der Waals surface area contributed by atoms with Gasteiger partial charge in [-0.1, -0.05) is 13.0 Å². The van der Waals surface area contributed by atoms with E-state index in [1.54, 1.807) is 17.5 Å². The molecule has 128 valence electrons. The average molecular weight is 344 g/mol. The maximum atomic E-state index is 12.7. The Balaban J connectivity index is 1.65. The van der Waals surface area contributed by atoms with Crippen molar-refractivity contribution >= 4 is 17.2 Å². The van der Waals surface area contributed by atoms with Crippen molar-refractivity contribution in [2.45, 2.75) is 32.7 Å². The SMILES string of the molecule is CCN1CCCN(C(=O)Cc2csc(-c3ccccn3)n2)C(C)C1. The summed E-state index contributed by atoms with van der Waals surface area (Å²) in [5.41, 5.74) is 1.71. The van der Waals surface area contributed by atoms with E-state index in [9.17, 15) is 4.79 Å². The molecule has 2 aromatic rings. The summed E-state index contributed by atoms with van der Waals surface area (Å²) < 4.78 is 0. The van der Waals surface area contributed by atoms with Crippen LogP contribution in [-0.2, 0) is 11.2 Å². The van der Waals surface area contributed by atoms with Crippen LogP contribution in [0.15, 0.2) is 29.8 Å². The molecule has 0 aliphatic carbocycles. The monoisotopic (exact) mass is 344 g/mol. The average Bonchev–Trinajstić information content (AvgIpc) is 2.97. The van der Waals surface area contributed by atoms with Gasteiger partial charge in [0.25, 0.3) is 0 Å². The molecule has 1 atom stereocenters. The minimum Gasteiger partial charge on any atom is -0.338 e. The van der Waals surface area contributed by atoms with Gasteiger partial charge in [-0.25, -0.2) is 4.98 Å². The molecule has 5 nitrogen and oxygen atoms in total. The van der Waals surface area contributed by atoms with E-state index in [-0.39, 0.29) is 11.9 Å². The molecule has 0 radical (unpaired) electrons. The largest absolute Gasteiger partial charge is 0.338 e. The predicted octanol–water partition coefficient (Wildman–Crippen LogP) is 2.69. The van der Waals surface area contributed by atoms with Crippen molar-refractivity contribution in [2.75, 3.05) is 26.2 Å². The fraction of sp³-hybridized carbons (Fsp3) is 0.500. The number of carbonyl (C=O) groups is 1. The van der Waals surface area contributed by atoms with E-state index in [1.807, 2.05) is 28.5 Å². The zero-order valence-electron chi connectivity index (χ0n) is 14.3. The van der Waals surface area contributed by atoms with Crippen LogP contribution in [0.25, 0.3) is 10.7 Å². The van der Waals surface area contributed by atoms with Gasteiger partial charge in [0.05, 0.1) is 17.8 Å². The summed E-state index contributed by atoms with van der Waals surface area (Å²) in [5, 5.41) is 2.85. The first kappa shape index (κ1) is 17.0. The van der Waals surface area contributed by atoms with E-state index >= 15 is 0 Å². The number of pyridine rings is 1. The highest BCUT2D eigenvalue weighted by atomic mass is 32.1. The Morgan fingerprint density at radius 3 is 3.00 bits per heavy atom. The van der Waals surface area contributed by atoms with Gasteiger partial charge in [0, 0.05) is 30.7 Å². The summed E-state index contributed by atoms with van der Waals surface area (Å²) in [6.45, 7) is 8.24. The molecular formula is C18H24N4OS. The molecule has 0 aromatic carbocycles. The van der Waals surface area contributed by atoms with Crippen molar-refractivity contribution in [1.29, 1.82) is 0 Å². The molecule has 3 heterocycles. The topological polar surface area (TPSA) is 49.3 Å². The van der Waals surface area contributed by atoms with Gasteiger partial charge in [-0.3, -0.25) is 9.78 Å². The second-order valence-corrected chi connectivity index (χ2v) is 7.08. The lowest BCUT2D eigenvalue weighted by Crippen LogP contribution is -2.43. The van der Waals surface area contributed by atoms with Gasteiger partial charge in [-0.2, -0.15) is 0 Å². The Morgan fingerprint density at radius 2 is 2.25 bits per heavy atom. The molecule has 1 saturated heterocycles. The van der Waals surface area contributed by atoms with Crippen molar-refractivity contribution in [1.82, 2.24) is 19.8 Å². The lowest BCUT2D eigenvalue weighted by atomic mass is 10.2. The third-order valence-electron chi connectivity index (χ3n) is 4.46. The van der Waals surface area contributed by atoms with Gasteiger partial charge in [0.15, 0.2) is 0 Å². The van der Waals surface area contributed by atoms with Crippen molar-refractivity contribution in [3.8, 4) is 10.7 Å². The molecular weight excluding hydrogens is 320 g/mol. The zero-order chi connectivity index (χ0) is 16.9. The summed E-state index contributed by atoms with van der Waals surface area (Å²) >= 11 is 1.55. The van der Waals surface area contributed by atoms with E-state index in [0.717, 1.165) is 49.0 Å². The third kappa shape index (κ3) is 3.99. The van der Waals surface area contributed by atoms with Crippen molar-refractivity contribution < 1.29 is 4.79 Å². The zero-order valence-corrected chi connectivity index (χ0v) is 15.1. The standard InChI is InChI=1S/C18H24N4OS/c1-3-21-9-6-10-22(14(2)12-21)17(23)11-15-13-24-18(20-15)16-7-4-5-8-19-16/h4-5,7-8,13-14H,3,6,9-12H2,1-2H3. The molecule has 0 saturated carbocycles. The number of hydrogen-bond donors (Lipinski definition) is 0. The van der Waals surface area contributed by atoms with E-state index in [4.69, 9.17) is 0 Å². The van der Waals surface area contributed by atoms with Crippen LogP contribution in [0.3, 0.4) is 0 Å². The minimum atomic E-state index is 0.179.